The number of nitrogens with two attached hydrogens (primary N) is 3. The zero-order valence-corrected chi connectivity index (χ0v) is 9.26. The summed E-state index contributed by atoms with van der Waals surface area (Å²) < 4.78 is 0. The highest BCUT2D eigenvalue weighted by molar-refractivity contribution is 6.00. The number of nitrogens with zero attached hydrogens (tertiary/aromatic N) is 1. The van der Waals surface area contributed by atoms with Crippen molar-refractivity contribution in [2.24, 2.45) is 22.2 Å². The van der Waals surface area contributed by atoms with Gasteiger partial charge in [-0.3, -0.25) is 0 Å². The molecule has 1 heterocycles. The molecule has 1 rings (SSSR count). The highest BCUT2D eigenvalue weighted by Gasteiger charge is 2.17. The van der Waals surface area contributed by atoms with E-state index in [9.17, 15) is 0 Å². The van der Waals surface area contributed by atoms with Gasteiger partial charge < -0.3 is 22.5 Å². The van der Waals surface area contributed by atoms with Gasteiger partial charge in [-0.2, -0.15) is 0 Å². The Morgan fingerprint density at radius 2 is 1.87 bits per heavy atom. The molecule has 0 spiro atoms. The third-order valence-corrected chi connectivity index (χ3v) is 2.09. The van der Waals surface area contributed by atoms with Crippen molar-refractivity contribution < 1.29 is 0 Å². The first-order valence-electron chi connectivity index (χ1n) is 4.65. The summed E-state index contributed by atoms with van der Waals surface area (Å²) in [6.45, 7) is 5.45. The molecular weight excluding hydrogens is 190 g/mol. The van der Waals surface area contributed by atoms with Gasteiger partial charge in [-0.15, -0.1) is 0 Å². The Labute approximate surface area is 89.4 Å². The lowest BCUT2D eigenvalue weighted by Crippen LogP contribution is -2.29. The Morgan fingerprint density at radius 1 is 1.27 bits per heavy atom. The molecule has 5 heteroatoms. The quantitative estimate of drug-likeness (QED) is 0.456. The minimum Gasteiger partial charge on any atom is -0.403 e. The predicted octanol–water partition coefficient (Wildman–Crippen LogP) is 0.231. The van der Waals surface area contributed by atoms with Gasteiger partial charge in [0.25, 0.3) is 0 Å². The molecule has 0 atom stereocenters. The van der Waals surface area contributed by atoms with Gasteiger partial charge in [-0.1, -0.05) is 0 Å². The van der Waals surface area contributed by atoms with Crippen LogP contribution < -0.4 is 22.5 Å². The summed E-state index contributed by atoms with van der Waals surface area (Å²) in [5.41, 5.74) is 21.1. The van der Waals surface area contributed by atoms with Crippen LogP contribution in [0.5, 0.6) is 0 Å². The molecule has 0 unspecified atom stereocenters. The first-order valence-corrected chi connectivity index (χ1v) is 4.65. The Kier molecular flexibility index (Phi) is 3.04. The topological polar surface area (TPSA) is 102 Å². The lowest BCUT2D eigenvalue weighted by atomic mass is 10.1. The van der Waals surface area contributed by atoms with Gasteiger partial charge >= 0.3 is 0 Å². The van der Waals surface area contributed by atoms with Gasteiger partial charge in [0.2, 0.25) is 0 Å². The van der Waals surface area contributed by atoms with Gasteiger partial charge in [-0.25, -0.2) is 4.99 Å². The second kappa shape index (κ2) is 4.08. The van der Waals surface area contributed by atoms with Crippen molar-refractivity contribution >= 4 is 5.71 Å². The van der Waals surface area contributed by atoms with E-state index in [0.29, 0.717) is 22.8 Å². The molecule has 0 saturated heterocycles. The molecule has 15 heavy (non-hydrogen) atoms. The predicted molar refractivity (Wildman–Crippen MR) is 62.3 cm³/mol. The minimum absolute atomic E-state index is 0.618. The molecule has 7 N–H and O–H groups in total. The van der Waals surface area contributed by atoms with Crippen LogP contribution in [0.3, 0.4) is 0 Å². The van der Waals surface area contributed by atoms with Crippen molar-refractivity contribution in [2.45, 2.75) is 20.8 Å². The first-order chi connectivity index (χ1) is 6.97. The van der Waals surface area contributed by atoms with Crippen molar-refractivity contribution in [1.29, 1.82) is 0 Å². The summed E-state index contributed by atoms with van der Waals surface area (Å²) in [6, 6.07) is 0. The van der Waals surface area contributed by atoms with Crippen LogP contribution in [-0.2, 0) is 0 Å². The second-order valence-electron chi connectivity index (χ2n) is 3.49. The number of nitrogens with one attached hydrogen (secondary N) is 1. The van der Waals surface area contributed by atoms with Crippen LogP contribution in [0.4, 0.5) is 0 Å². The van der Waals surface area contributed by atoms with E-state index in [1.54, 1.807) is 13.8 Å². The lowest BCUT2D eigenvalue weighted by molar-refractivity contribution is 0.930. The summed E-state index contributed by atoms with van der Waals surface area (Å²) >= 11 is 0. The maximum Gasteiger partial charge on any atom is 0.107 e. The lowest BCUT2D eigenvalue weighted by Gasteiger charge is -2.22. The number of hydrogen-bond donors (Lipinski definition) is 4. The molecule has 0 aromatic rings. The summed E-state index contributed by atoms with van der Waals surface area (Å²) in [5.74, 6) is 0. The van der Waals surface area contributed by atoms with Gasteiger partial charge in [-0.05, 0) is 20.8 Å². The highest BCUT2D eigenvalue weighted by atomic mass is 15.0. The van der Waals surface area contributed by atoms with E-state index in [1.165, 1.54) is 6.20 Å². The van der Waals surface area contributed by atoms with Crippen molar-refractivity contribution in [3.63, 3.8) is 0 Å². The molecule has 0 saturated carbocycles. The zero-order valence-electron chi connectivity index (χ0n) is 9.26. The van der Waals surface area contributed by atoms with Crippen molar-refractivity contribution in [3.05, 3.63) is 34.7 Å². The molecule has 1 aliphatic heterocycles. The van der Waals surface area contributed by atoms with E-state index in [0.717, 1.165) is 11.4 Å². The Bertz CT molecular complexity index is 390. The monoisotopic (exact) mass is 207 g/mol. The molecule has 1 aliphatic rings. The molecule has 0 aromatic heterocycles. The Morgan fingerprint density at radius 3 is 2.27 bits per heavy atom. The highest BCUT2D eigenvalue weighted by Crippen LogP contribution is 2.19. The molecule has 0 radical (unpaired) electrons. The minimum atomic E-state index is 0.618. The summed E-state index contributed by atoms with van der Waals surface area (Å²) in [6.07, 6.45) is 1.44. The fourth-order valence-electron chi connectivity index (χ4n) is 1.37. The number of hydrogen-bond acceptors (Lipinski definition) is 5. The molecule has 0 amide bonds. The molecular formula is C10H17N5. The number of allylic oxidation sites excluding steroid dienone is 3. The van der Waals surface area contributed by atoms with Crippen LogP contribution in [0.2, 0.25) is 0 Å². The summed E-state index contributed by atoms with van der Waals surface area (Å²) in [4.78, 5) is 4.36. The van der Waals surface area contributed by atoms with Crippen molar-refractivity contribution in [2.75, 3.05) is 0 Å². The van der Waals surface area contributed by atoms with E-state index in [-0.39, 0.29) is 0 Å². The van der Waals surface area contributed by atoms with Gasteiger partial charge in [0.15, 0.2) is 0 Å². The van der Waals surface area contributed by atoms with Crippen LogP contribution in [0.15, 0.2) is 39.7 Å². The maximum absolute atomic E-state index is 5.72. The van der Waals surface area contributed by atoms with Gasteiger partial charge in [0.1, 0.15) is 5.70 Å². The maximum atomic E-state index is 5.72. The Balaban J connectivity index is 3.33. The normalized spacial score (nSPS) is 25.8. The average molecular weight is 207 g/mol. The number of aliphatic imine (C=N–C) groups is 1. The molecule has 0 aliphatic carbocycles. The van der Waals surface area contributed by atoms with Crippen LogP contribution >= 0.6 is 0 Å². The molecule has 5 nitrogen and oxygen atoms in total. The van der Waals surface area contributed by atoms with E-state index < -0.39 is 0 Å². The third kappa shape index (κ3) is 2.12. The zero-order chi connectivity index (χ0) is 11.6. The molecule has 0 aromatic carbocycles. The molecule has 0 fully saturated rings. The van der Waals surface area contributed by atoms with Crippen molar-refractivity contribution in [1.82, 2.24) is 5.32 Å². The fourth-order valence-corrected chi connectivity index (χ4v) is 1.37. The largest absolute Gasteiger partial charge is 0.403 e. The SMILES string of the molecule is CC1=NC(=C(\C)N)/C(=C\N)NC1=C(C)N. The Hall–Kier alpha value is -1.91. The van der Waals surface area contributed by atoms with Gasteiger partial charge in [0.05, 0.1) is 17.1 Å². The fraction of sp³-hybridized carbons (Fsp3) is 0.300. The van der Waals surface area contributed by atoms with Gasteiger partial charge in [0, 0.05) is 17.6 Å². The van der Waals surface area contributed by atoms with Crippen LogP contribution in [0.25, 0.3) is 0 Å². The van der Waals surface area contributed by atoms with E-state index in [4.69, 9.17) is 17.2 Å². The second-order valence-corrected chi connectivity index (χ2v) is 3.49. The molecule has 82 valence electrons. The number of rotatable bonds is 0. The summed E-state index contributed by atoms with van der Waals surface area (Å²) in [5, 5.41) is 3.11. The van der Waals surface area contributed by atoms with Crippen LogP contribution in [0.1, 0.15) is 20.8 Å². The standard InChI is InChI=1S/C10H17N5/c1-5(12)9-7(3)14-10(6(2)13)8(4-11)15-9/h4,15H,11-13H2,1-3H3/b8-4+,9-5?,10-6+. The van der Waals surface area contributed by atoms with E-state index >= 15 is 0 Å². The van der Waals surface area contributed by atoms with Crippen LogP contribution in [0, 0.1) is 0 Å². The van der Waals surface area contributed by atoms with Crippen molar-refractivity contribution in [3.8, 4) is 0 Å². The third-order valence-electron chi connectivity index (χ3n) is 2.09. The van der Waals surface area contributed by atoms with E-state index in [1.807, 2.05) is 6.92 Å². The summed E-state index contributed by atoms with van der Waals surface area (Å²) in [7, 11) is 0. The smallest absolute Gasteiger partial charge is 0.107 e. The average Bonchev–Trinajstić information content (AvgIpc) is 2.16. The molecule has 0 bridgehead atoms. The van der Waals surface area contributed by atoms with E-state index in [2.05, 4.69) is 10.3 Å². The van der Waals surface area contributed by atoms with Crippen LogP contribution in [-0.4, -0.2) is 5.71 Å². The first kappa shape index (κ1) is 11.2.